The minimum Gasteiger partial charge on any atom is -0.390 e. The van der Waals surface area contributed by atoms with Crippen LogP contribution in [0.15, 0.2) is 24.3 Å². The van der Waals surface area contributed by atoms with Crippen molar-refractivity contribution in [3.8, 4) is 0 Å². The van der Waals surface area contributed by atoms with E-state index in [1.54, 1.807) is 9.80 Å². The average molecular weight is 343 g/mol. The minimum absolute atomic E-state index is 0.0217. The number of hydrogen-bond donors (Lipinski definition) is 1. The summed E-state index contributed by atoms with van der Waals surface area (Å²) in [5.74, 6) is 0.0199. The topological polar surface area (TPSA) is 64.1 Å². The van der Waals surface area contributed by atoms with Crippen molar-refractivity contribution in [3.05, 3.63) is 35.4 Å². The van der Waals surface area contributed by atoms with Gasteiger partial charge in [0, 0.05) is 39.1 Å². The Morgan fingerprint density at radius 3 is 2.68 bits per heavy atom. The van der Waals surface area contributed by atoms with Crippen molar-refractivity contribution in [2.24, 2.45) is 0 Å². The molecule has 2 saturated heterocycles. The third-order valence-corrected chi connectivity index (χ3v) is 5.74. The molecule has 25 heavy (non-hydrogen) atoms. The maximum atomic E-state index is 12.5. The number of rotatable bonds is 3. The van der Waals surface area contributed by atoms with Crippen LogP contribution in [0, 0.1) is 0 Å². The number of β-amino-alcohol motifs (C(OH)–C–C–N with tert-alkyl or cyclic N) is 1. The molecule has 6 heteroatoms. The van der Waals surface area contributed by atoms with Gasteiger partial charge in [-0.05, 0) is 24.0 Å². The van der Waals surface area contributed by atoms with Crippen LogP contribution in [0.25, 0.3) is 0 Å². The van der Waals surface area contributed by atoms with E-state index < -0.39 is 6.10 Å². The van der Waals surface area contributed by atoms with Gasteiger partial charge >= 0.3 is 0 Å². The van der Waals surface area contributed by atoms with Crippen molar-refractivity contribution in [3.63, 3.8) is 0 Å². The van der Waals surface area contributed by atoms with Gasteiger partial charge in [-0.25, -0.2) is 0 Å². The van der Waals surface area contributed by atoms with Gasteiger partial charge in [0.15, 0.2) is 0 Å². The van der Waals surface area contributed by atoms with Gasteiger partial charge in [0.2, 0.25) is 11.8 Å². The number of hydrogen-bond acceptors (Lipinski definition) is 4. The lowest BCUT2D eigenvalue weighted by Gasteiger charge is -2.34. The Hall–Kier alpha value is -1.92. The predicted octanol–water partition coefficient (Wildman–Crippen LogP) is 0.239. The van der Waals surface area contributed by atoms with Crippen LogP contribution >= 0.6 is 0 Å². The first kappa shape index (κ1) is 16.5. The molecular weight excluding hydrogens is 318 g/mol. The number of aliphatic hydroxyl groups is 1. The molecule has 0 saturated carbocycles. The van der Waals surface area contributed by atoms with E-state index in [2.05, 4.69) is 29.2 Å². The second-order valence-corrected chi connectivity index (χ2v) is 7.34. The van der Waals surface area contributed by atoms with Gasteiger partial charge in [0.05, 0.1) is 18.7 Å². The highest BCUT2D eigenvalue weighted by atomic mass is 16.3. The van der Waals surface area contributed by atoms with Crippen LogP contribution in [0.5, 0.6) is 0 Å². The SMILES string of the molecule is O=C1CCCN1CC(=O)N1C[C@@H](O)[C@H](N2CCc3ccccc3C2)C1. The standard InChI is InChI=1S/C19H25N3O3/c23-17-12-22(19(25)13-21-8-3-6-18(21)24)11-16(17)20-9-7-14-4-1-2-5-15(14)10-20/h1-2,4-5,16-17,23H,3,6-13H2/t16-,17-/m1/s1. The van der Waals surface area contributed by atoms with E-state index in [0.717, 1.165) is 25.9 Å². The van der Waals surface area contributed by atoms with Crippen LogP contribution in [-0.2, 0) is 22.6 Å². The highest BCUT2D eigenvalue weighted by molar-refractivity contribution is 5.86. The van der Waals surface area contributed by atoms with Crippen molar-refractivity contribution < 1.29 is 14.7 Å². The zero-order valence-corrected chi connectivity index (χ0v) is 14.4. The molecule has 1 aromatic carbocycles. The molecule has 0 radical (unpaired) electrons. The molecule has 0 aromatic heterocycles. The summed E-state index contributed by atoms with van der Waals surface area (Å²) in [5.41, 5.74) is 2.69. The molecule has 2 fully saturated rings. The van der Waals surface area contributed by atoms with E-state index >= 15 is 0 Å². The van der Waals surface area contributed by atoms with E-state index in [4.69, 9.17) is 0 Å². The molecule has 2 atom stereocenters. The van der Waals surface area contributed by atoms with E-state index in [-0.39, 0.29) is 24.4 Å². The van der Waals surface area contributed by atoms with Gasteiger partial charge in [-0.1, -0.05) is 24.3 Å². The second-order valence-electron chi connectivity index (χ2n) is 7.34. The van der Waals surface area contributed by atoms with Crippen LogP contribution in [0.1, 0.15) is 24.0 Å². The van der Waals surface area contributed by atoms with Crippen LogP contribution in [0.4, 0.5) is 0 Å². The fourth-order valence-electron chi connectivity index (χ4n) is 4.27. The number of likely N-dealkylation sites (tertiary alicyclic amines) is 2. The number of benzene rings is 1. The smallest absolute Gasteiger partial charge is 0.242 e. The Bertz CT molecular complexity index is 678. The van der Waals surface area contributed by atoms with Gasteiger partial charge in [0.25, 0.3) is 0 Å². The normalized spacial score (nSPS) is 27.0. The Labute approximate surface area is 148 Å². The molecule has 2 amide bonds. The van der Waals surface area contributed by atoms with Gasteiger partial charge in [-0.15, -0.1) is 0 Å². The molecule has 1 aromatic rings. The molecule has 4 rings (SSSR count). The quantitative estimate of drug-likeness (QED) is 0.854. The highest BCUT2D eigenvalue weighted by Crippen LogP contribution is 2.25. The van der Waals surface area contributed by atoms with Crippen molar-refractivity contribution in [1.82, 2.24) is 14.7 Å². The van der Waals surface area contributed by atoms with Gasteiger partial charge in [-0.2, -0.15) is 0 Å². The van der Waals surface area contributed by atoms with Crippen LogP contribution in [0.2, 0.25) is 0 Å². The third-order valence-electron chi connectivity index (χ3n) is 5.74. The zero-order chi connectivity index (χ0) is 17.4. The van der Waals surface area contributed by atoms with Crippen molar-refractivity contribution in [2.75, 3.05) is 32.7 Å². The van der Waals surface area contributed by atoms with Crippen molar-refractivity contribution >= 4 is 11.8 Å². The Morgan fingerprint density at radius 2 is 1.92 bits per heavy atom. The molecule has 3 heterocycles. The maximum absolute atomic E-state index is 12.5. The van der Waals surface area contributed by atoms with Crippen molar-refractivity contribution in [2.45, 2.75) is 38.0 Å². The first-order valence-corrected chi connectivity index (χ1v) is 9.16. The summed E-state index contributed by atoms with van der Waals surface area (Å²) in [7, 11) is 0. The third kappa shape index (κ3) is 3.28. The van der Waals surface area contributed by atoms with E-state index in [1.807, 2.05) is 0 Å². The van der Waals surface area contributed by atoms with Gasteiger partial charge < -0.3 is 14.9 Å². The Balaban J connectivity index is 1.38. The first-order valence-electron chi connectivity index (χ1n) is 9.16. The van der Waals surface area contributed by atoms with E-state index in [9.17, 15) is 14.7 Å². The monoisotopic (exact) mass is 343 g/mol. The van der Waals surface area contributed by atoms with Crippen molar-refractivity contribution in [1.29, 1.82) is 0 Å². The summed E-state index contributed by atoms with van der Waals surface area (Å²) < 4.78 is 0. The van der Waals surface area contributed by atoms with E-state index in [1.165, 1.54) is 11.1 Å². The number of nitrogens with zero attached hydrogens (tertiary/aromatic N) is 3. The Kier molecular flexibility index (Phi) is 4.48. The molecule has 0 spiro atoms. The van der Waals surface area contributed by atoms with Gasteiger partial charge in [-0.3, -0.25) is 14.5 Å². The number of carbonyl (C=O) groups excluding carboxylic acids is 2. The molecule has 0 unspecified atom stereocenters. The fourth-order valence-corrected chi connectivity index (χ4v) is 4.27. The zero-order valence-electron chi connectivity index (χ0n) is 14.4. The number of carbonyl (C=O) groups is 2. The van der Waals surface area contributed by atoms with Gasteiger partial charge in [0.1, 0.15) is 0 Å². The first-order chi connectivity index (χ1) is 12.1. The molecular formula is C19H25N3O3. The largest absolute Gasteiger partial charge is 0.390 e. The summed E-state index contributed by atoms with van der Waals surface area (Å²) in [4.78, 5) is 29.9. The molecule has 1 N–H and O–H groups in total. The fraction of sp³-hybridized carbons (Fsp3) is 0.579. The summed E-state index contributed by atoms with van der Waals surface area (Å²) in [6.07, 6.45) is 1.84. The number of fused-ring (bicyclic) bond motifs is 1. The minimum atomic E-state index is -0.525. The Morgan fingerprint density at radius 1 is 1.12 bits per heavy atom. The summed E-state index contributed by atoms with van der Waals surface area (Å²) in [6, 6.07) is 8.41. The molecule has 6 nitrogen and oxygen atoms in total. The molecule has 3 aliphatic heterocycles. The second kappa shape index (κ2) is 6.77. The van der Waals surface area contributed by atoms with Crippen LogP contribution < -0.4 is 0 Å². The maximum Gasteiger partial charge on any atom is 0.242 e. The van der Waals surface area contributed by atoms with E-state index in [0.29, 0.717) is 26.1 Å². The molecule has 3 aliphatic rings. The van der Waals surface area contributed by atoms with Crippen LogP contribution in [0.3, 0.4) is 0 Å². The lowest BCUT2D eigenvalue weighted by Crippen LogP contribution is -2.46. The average Bonchev–Trinajstić information content (AvgIpc) is 3.20. The summed E-state index contributed by atoms with van der Waals surface area (Å²) >= 11 is 0. The summed E-state index contributed by atoms with van der Waals surface area (Å²) in [6.45, 7) is 3.47. The lowest BCUT2D eigenvalue weighted by molar-refractivity contribution is -0.137. The lowest BCUT2D eigenvalue weighted by atomic mass is 9.98. The number of aliphatic hydroxyl groups excluding tert-OH is 1. The summed E-state index contributed by atoms with van der Waals surface area (Å²) in [5, 5.41) is 10.5. The molecule has 0 bridgehead atoms. The molecule has 134 valence electrons. The number of amides is 2. The highest BCUT2D eigenvalue weighted by Gasteiger charge is 2.39. The predicted molar refractivity (Wildman–Crippen MR) is 92.7 cm³/mol. The van der Waals surface area contributed by atoms with Crippen LogP contribution in [-0.4, -0.2) is 76.5 Å². The molecule has 0 aliphatic carbocycles.